The van der Waals surface area contributed by atoms with Crippen molar-refractivity contribution in [2.24, 2.45) is 0 Å². The highest BCUT2D eigenvalue weighted by Gasteiger charge is 2.30. The van der Waals surface area contributed by atoms with Gasteiger partial charge in [-0.3, -0.25) is 4.79 Å². The molecule has 0 aliphatic carbocycles. The van der Waals surface area contributed by atoms with Gasteiger partial charge in [0, 0.05) is 26.3 Å². The second-order valence-electron chi connectivity index (χ2n) is 4.84. The molecule has 0 saturated carbocycles. The van der Waals surface area contributed by atoms with E-state index in [2.05, 4.69) is 5.32 Å². The van der Waals surface area contributed by atoms with Crippen LogP contribution in [0.1, 0.15) is 34.6 Å². The molecule has 0 aromatic carbocycles. The number of amides is 1. The summed E-state index contributed by atoms with van der Waals surface area (Å²) < 4.78 is 10.7. The fraction of sp³-hybridized carbons (Fsp3) is 0.929. The standard InChI is InChI=1S/C14H30N2O3/c1-6-15-14(4,5)13(17)16(9-11-18-7-2)10-12-19-8-3/h15H,6-12H2,1-5H3. The molecule has 0 unspecified atom stereocenters. The van der Waals surface area contributed by atoms with E-state index in [0.717, 1.165) is 6.54 Å². The first-order valence-electron chi connectivity index (χ1n) is 7.19. The van der Waals surface area contributed by atoms with Crippen LogP contribution in [0.25, 0.3) is 0 Å². The number of hydrogen-bond donors (Lipinski definition) is 1. The number of ether oxygens (including phenoxy) is 2. The number of nitrogens with zero attached hydrogens (tertiary/aromatic N) is 1. The van der Waals surface area contributed by atoms with Crippen molar-refractivity contribution in [1.82, 2.24) is 10.2 Å². The molecule has 0 aliphatic rings. The van der Waals surface area contributed by atoms with Crippen LogP contribution in [0.3, 0.4) is 0 Å². The van der Waals surface area contributed by atoms with Crippen molar-refractivity contribution in [2.75, 3.05) is 46.1 Å². The van der Waals surface area contributed by atoms with E-state index in [-0.39, 0.29) is 5.91 Å². The van der Waals surface area contributed by atoms with E-state index in [4.69, 9.17) is 9.47 Å². The van der Waals surface area contributed by atoms with Crippen molar-refractivity contribution < 1.29 is 14.3 Å². The second kappa shape index (κ2) is 10.2. The summed E-state index contributed by atoms with van der Waals surface area (Å²) in [5.41, 5.74) is -0.548. The monoisotopic (exact) mass is 274 g/mol. The highest BCUT2D eigenvalue weighted by atomic mass is 16.5. The third-order valence-electron chi connectivity index (χ3n) is 2.86. The minimum atomic E-state index is -0.548. The Bertz CT molecular complexity index is 235. The van der Waals surface area contributed by atoms with E-state index in [9.17, 15) is 4.79 Å². The van der Waals surface area contributed by atoms with Gasteiger partial charge in [-0.2, -0.15) is 0 Å². The maximum absolute atomic E-state index is 12.5. The van der Waals surface area contributed by atoms with Crippen molar-refractivity contribution in [2.45, 2.75) is 40.2 Å². The largest absolute Gasteiger partial charge is 0.380 e. The number of rotatable bonds is 11. The number of nitrogens with one attached hydrogen (secondary N) is 1. The molecule has 19 heavy (non-hydrogen) atoms. The molecule has 0 aromatic rings. The van der Waals surface area contributed by atoms with Crippen molar-refractivity contribution in [1.29, 1.82) is 0 Å². The Hall–Kier alpha value is -0.650. The molecule has 5 nitrogen and oxygen atoms in total. The number of carbonyl (C=O) groups excluding carboxylic acids is 1. The maximum Gasteiger partial charge on any atom is 0.242 e. The normalized spacial score (nSPS) is 11.6. The fourth-order valence-corrected chi connectivity index (χ4v) is 1.87. The first-order chi connectivity index (χ1) is 8.99. The van der Waals surface area contributed by atoms with Gasteiger partial charge >= 0.3 is 0 Å². The first kappa shape index (κ1) is 18.4. The average Bonchev–Trinajstić information content (AvgIpc) is 2.36. The van der Waals surface area contributed by atoms with Gasteiger partial charge in [-0.15, -0.1) is 0 Å². The number of likely N-dealkylation sites (N-methyl/N-ethyl adjacent to an activating group) is 1. The van der Waals surface area contributed by atoms with E-state index >= 15 is 0 Å². The van der Waals surface area contributed by atoms with Crippen LogP contribution in [0.2, 0.25) is 0 Å². The summed E-state index contributed by atoms with van der Waals surface area (Å²) in [4.78, 5) is 14.3. The van der Waals surface area contributed by atoms with Crippen LogP contribution in [0.4, 0.5) is 0 Å². The summed E-state index contributed by atoms with van der Waals surface area (Å²) in [5, 5.41) is 3.21. The van der Waals surface area contributed by atoms with Crippen molar-refractivity contribution in [3.63, 3.8) is 0 Å². The molecule has 0 fully saturated rings. The summed E-state index contributed by atoms with van der Waals surface area (Å²) in [5.74, 6) is 0.0914. The van der Waals surface area contributed by atoms with E-state index in [1.807, 2.05) is 39.5 Å². The van der Waals surface area contributed by atoms with Crippen LogP contribution in [0.15, 0.2) is 0 Å². The SMILES string of the molecule is CCNC(C)(C)C(=O)N(CCOCC)CCOCC. The lowest BCUT2D eigenvalue weighted by atomic mass is 10.0. The van der Waals surface area contributed by atoms with Gasteiger partial charge in [-0.25, -0.2) is 0 Å². The quantitative estimate of drug-likeness (QED) is 0.577. The average molecular weight is 274 g/mol. The smallest absolute Gasteiger partial charge is 0.242 e. The summed E-state index contributed by atoms with van der Waals surface area (Å²) >= 11 is 0. The van der Waals surface area contributed by atoms with Crippen LogP contribution in [0.5, 0.6) is 0 Å². The lowest BCUT2D eigenvalue weighted by molar-refractivity contribution is -0.138. The van der Waals surface area contributed by atoms with Crippen molar-refractivity contribution in [3.05, 3.63) is 0 Å². The predicted molar refractivity (Wildman–Crippen MR) is 77.3 cm³/mol. The molecule has 0 saturated heterocycles. The molecule has 0 bridgehead atoms. The molecule has 0 aliphatic heterocycles. The van der Waals surface area contributed by atoms with Gasteiger partial charge in [0.1, 0.15) is 0 Å². The van der Waals surface area contributed by atoms with E-state index < -0.39 is 5.54 Å². The van der Waals surface area contributed by atoms with Gasteiger partial charge in [0.05, 0.1) is 18.8 Å². The van der Waals surface area contributed by atoms with Gasteiger partial charge < -0.3 is 19.7 Å². The third-order valence-corrected chi connectivity index (χ3v) is 2.86. The van der Waals surface area contributed by atoms with Gasteiger partial charge in [-0.05, 0) is 34.2 Å². The maximum atomic E-state index is 12.5. The Balaban J connectivity index is 4.46. The third kappa shape index (κ3) is 7.50. The Morgan fingerprint density at radius 2 is 1.53 bits per heavy atom. The van der Waals surface area contributed by atoms with E-state index in [1.165, 1.54) is 0 Å². The minimum Gasteiger partial charge on any atom is -0.380 e. The minimum absolute atomic E-state index is 0.0914. The number of carbonyl (C=O) groups is 1. The van der Waals surface area contributed by atoms with Crippen LogP contribution in [-0.4, -0.2) is 62.4 Å². The lowest BCUT2D eigenvalue weighted by Gasteiger charge is -2.32. The molecular weight excluding hydrogens is 244 g/mol. The van der Waals surface area contributed by atoms with Gasteiger partial charge in [-0.1, -0.05) is 6.92 Å². The highest BCUT2D eigenvalue weighted by Crippen LogP contribution is 2.08. The first-order valence-corrected chi connectivity index (χ1v) is 7.19. The predicted octanol–water partition coefficient (Wildman–Crippen LogP) is 1.28. The van der Waals surface area contributed by atoms with Gasteiger partial charge in [0.2, 0.25) is 5.91 Å². The van der Waals surface area contributed by atoms with Gasteiger partial charge in [0.25, 0.3) is 0 Å². The Morgan fingerprint density at radius 3 is 1.89 bits per heavy atom. The molecular formula is C14H30N2O3. The summed E-state index contributed by atoms with van der Waals surface area (Å²) in [6, 6.07) is 0. The molecule has 5 heteroatoms. The second-order valence-corrected chi connectivity index (χ2v) is 4.84. The molecule has 114 valence electrons. The number of hydrogen-bond acceptors (Lipinski definition) is 4. The molecule has 1 amide bonds. The summed E-state index contributed by atoms with van der Waals surface area (Å²) in [7, 11) is 0. The van der Waals surface area contributed by atoms with Gasteiger partial charge in [0.15, 0.2) is 0 Å². The Morgan fingerprint density at radius 1 is 1.05 bits per heavy atom. The van der Waals surface area contributed by atoms with Crippen molar-refractivity contribution >= 4 is 5.91 Å². The van der Waals surface area contributed by atoms with E-state index in [0.29, 0.717) is 39.5 Å². The summed E-state index contributed by atoms with van der Waals surface area (Å²) in [6.45, 7) is 14.2. The zero-order chi connectivity index (χ0) is 14.7. The molecule has 0 atom stereocenters. The van der Waals surface area contributed by atoms with Crippen LogP contribution in [-0.2, 0) is 14.3 Å². The molecule has 0 aromatic heterocycles. The molecule has 0 radical (unpaired) electrons. The van der Waals surface area contributed by atoms with Crippen LogP contribution < -0.4 is 5.32 Å². The lowest BCUT2D eigenvalue weighted by Crippen LogP contribution is -2.55. The van der Waals surface area contributed by atoms with Crippen LogP contribution >= 0.6 is 0 Å². The summed E-state index contributed by atoms with van der Waals surface area (Å²) in [6.07, 6.45) is 0. The Kier molecular flexibility index (Phi) is 9.83. The van der Waals surface area contributed by atoms with E-state index in [1.54, 1.807) is 0 Å². The Labute approximate surface area is 117 Å². The molecule has 0 heterocycles. The zero-order valence-corrected chi connectivity index (χ0v) is 13.1. The molecule has 0 rings (SSSR count). The molecule has 0 spiro atoms. The fourth-order valence-electron chi connectivity index (χ4n) is 1.87. The highest BCUT2D eigenvalue weighted by molar-refractivity contribution is 5.85. The topological polar surface area (TPSA) is 50.8 Å². The molecule has 1 N–H and O–H groups in total. The van der Waals surface area contributed by atoms with Crippen molar-refractivity contribution in [3.8, 4) is 0 Å². The van der Waals surface area contributed by atoms with Crippen LogP contribution in [0, 0.1) is 0 Å². The zero-order valence-electron chi connectivity index (χ0n) is 13.1.